The van der Waals surface area contributed by atoms with Crippen molar-refractivity contribution in [2.75, 3.05) is 26.2 Å². The summed E-state index contributed by atoms with van der Waals surface area (Å²) in [6, 6.07) is 1.55. The van der Waals surface area contributed by atoms with Crippen molar-refractivity contribution in [2.24, 2.45) is 0 Å². The minimum absolute atomic E-state index is 0.716. The van der Waals surface area contributed by atoms with Gasteiger partial charge >= 0.3 is 0 Å². The summed E-state index contributed by atoms with van der Waals surface area (Å²) in [7, 11) is 0. The number of hydrogen-bond acceptors (Lipinski definition) is 2. The van der Waals surface area contributed by atoms with E-state index in [1.54, 1.807) is 0 Å². The monoisotopic (exact) mass is 220 g/mol. The molecule has 2 fully saturated rings. The van der Waals surface area contributed by atoms with E-state index in [0.29, 0.717) is 6.04 Å². The molecular weight excluding hydrogens is 196 g/mol. The van der Waals surface area contributed by atoms with Crippen LogP contribution in [0.3, 0.4) is 0 Å². The Bertz CT molecular complexity index is 276. The van der Waals surface area contributed by atoms with Crippen molar-refractivity contribution in [3.63, 3.8) is 0 Å². The number of fused-ring (bicyclic) bond motifs is 1. The maximum absolute atomic E-state index is 3.18. The van der Waals surface area contributed by atoms with E-state index in [2.05, 4.69) is 28.6 Å². The lowest BCUT2D eigenvalue weighted by molar-refractivity contribution is 0.0166. The van der Waals surface area contributed by atoms with Crippen LogP contribution in [-0.4, -0.2) is 48.1 Å². The van der Waals surface area contributed by atoms with Gasteiger partial charge in [-0.1, -0.05) is 6.42 Å². The Hall–Kier alpha value is -0.520. The first-order valence-corrected chi connectivity index (χ1v) is 6.69. The zero-order valence-electron chi connectivity index (χ0n) is 10.7. The van der Waals surface area contributed by atoms with Gasteiger partial charge in [-0.05, 0) is 33.2 Å². The van der Waals surface area contributed by atoms with Crippen LogP contribution < -0.4 is 0 Å². The van der Waals surface area contributed by atoms with Crippen molar-refractivity contribution < 1.29 is 0 Å². The zero-order valence-corrected chi connectivity index (χ0v) is 10.7. The lowest BCUT2D eigenvalue weighted by Crippen LogP contribution is -2.58. The average Bonchev–Trinajstić information content (AvgIpc) is 2.30. The molecule has 0 spiro atoms. The summed E-state index contributed by atoms with van der Waals surface area (Å²) in [5.74, 6) is 6.17. The largest absolute Gasteiger partial charge is 0.298 e. The lowest BCUT2D eigenvalue weighted by Gasteiger charge is -2.47. The standard InChI is InChI=1S/C14H24N2/c1-3-4-6-9-15-12-14-8-5-7-10-16(14)11-13(15)2/h13-14H,5-12H2,1-2H3. The molecule has 0 aromatic rings. The fourth-order valence-corrected chi connectivity index (χ4v) is 3.05. The van der Waals surface area contributed by atoms with Crippen LogP contribution in [0.25, 0.3) is 0 Å². The maximum Gasteiger partial charge on any atom is 0.0223 e. The highest BCUT2D eigenvalue weighted by Crippen LogP contribution is 2.23. The molecule has 0 aliphatic carbocycles. The highest BCUT2D eigenvalue weighted by atomic mass is 15.3. The molecule has 0 radical (unpaired) electrons. The maximum atomic E-state index is 3.18. The van der Waals surface area contributed by atoms with Gasteiger partial charge < -0.3 is 0 Å². The Labute approximate surface area is 100.0 Å². The molecule has 0 N–H and O–H groups in total. The number of piperidine rings is 1. The Morgan fingerprint density at radius 2 is 2.12 bits per heavy atom. The molecule has 16 heavy (non-hydrogen) atoms. The van der Waals surface area contributed by atoms with Crippen molar-refractivity contribution in [1.29, 1.82) is 0 Å². The normalized spacial score (nSPS) is 31.6. The third-order valence-corrected chi connectivity index (χ3v) is 4.02. The molecule has 2 heterocycles. The van der Waals surface area contributed by atoms with Crippen LogP contribution in [0.15, 0.2) is 0 Å². The van der Waals surface area contributed by atoms with Gasteiger partial charge in [0.2, 0.25) is 0 Å². The molecule has 2 saturated heterocycles. The Morgan fingerprint density at radius 1 is 1.25 bits per heavy atom. The summed E-state index contributed by atoms with van der Waals surface area (Å²) in [6.45, 7) is 9.33. The van der Waals surface area contributed by atoms with Gasteiger partial charge in [0.25, 0.3) is 0 Å². The first kappa shape index (κ1) is 12.0. The SMILES string of the molecule is CC#CCCN1CC2CCCCN2CC1C. The lowest BCUT2D eigenvalue weighted by atomic mass is 9.97. The third kappa shape index (κ3) is 2.78. The van der Waals surface area contributed by atoms with Gasteiger partial charge in [-0.3, -0.25) is 9.80 Å². The summed E-state index contributed by atoms with van der Waals surface area (Å²) in [4.78, 5) is 5.34. The second-order valence-corrected chi connectivity index (χ2v) is 5.17. The van der Waals surface area contributed by atoms with Crippen molar-refractivity contribution >= 4 is 0 Å². The molecule has 2 aliphatic heterocycles. The predicted octanol–water partition coefficient (Wildman–Crippen LogP) is 1.96. The van der Waals surface area contributed by atoms with E-state index in [4.69, 9.17) is 0 Å². The molecule has 2 aliphatic rings. The zero-order chi connectivity index (χ0) is 11.4. The molecule has 0 aromatic heterocycles. The average molecular weight is 220 g/mol. The molecule has 2 unspecified atom stereocenters. The number of hydrogen-bond donors (Lipinski definition) is 0. The second-order valence-electron chi connectivity index (χ2n) is 5.17. The number of piperazine rings is 1. The quantitative estimate of drug-likeness (QED) is 0.656. The van der Waals surface area contributed by atoms with E-state index in [1.165, 1.54) is 38.9 Å². The summed E-state index contributed by atoms with van der Waals surface area (Å²) in [6.07, 6.45) is 5.28. The molecule has 2 atom stereocenters. The summed E-state index contributed by atoms with van der Waals surface area (Å²) < 4.78 is 0. The predicted molar refractivity (Wildman–Crippen MR) is 68.3 cm³/mol. The molecular formula is C14H24N2. The van der Waals surface area contributed by atoms with Gasteiger partial charge in [-0.2, -0.15) is 0 Å². The molecule has 2 heteroatoms. The fourth-order valence-electron chi connectivity index (χ4n) is 3.05. The topological polar surface area (TPSA) is 6.48 Å². The van der Waals surface area contributed by atoms with E-state index >= 15 is 0 Å². The minimum atomic E-state index is 0.716. The summed E-state index contributed by atoms with van der Waals surface area (Å²) >= 11 is 0. The Morgan fingerprint density at radius 3 is 2.94 bits per heavy atom. The third-order valence-electron chi connectivity index (χ3n) is 4.02. The number of nitrogens with zero attached hydrogens (tertiary/aromatic N) is 2. The van der Waals surface area contributed by atoms with Gasteiger partial charge in [-0.15, -0.1) is 11.8 Å². The van der Waals surface area contributed by atoms with E-state index < -0.39 is 0 Å². The molecule has 0 bridgehead atoms. The molecule has 0 saturated carbocycles. The van der Waals surface area contributed by atoms with Crippen molar-refractivity contribution in [3.8, 4) is 11.8 Å². The van der Waals surface area contributed by atoms with Crippen LogP contribution in [0.4, 0.5) is 0 Å². The van der Waals surface area contributed by atoms with E-state index in [9.17, 15) is 0 Å². The molecule has 2 rings (SSSR count). The van der Waals surface area contributed by atoms with Gasteiger partial charge in [0.15, 0.2) is 0 Å². The van der Waals surface area contributed by atoms with Crippen molar-refractivity contribution in [2.45, 2.75) is 51.6 Å². The van der Waals surface area contributed by atoms with Gasteiger partial charge in [0.05, 0.1) is 0 Å². The number of rotatable bonds is 2. The molecule has 0 aromatic carbocycles. The summed E-state index contributed by atoms with van der Waals surface area (Å²) in [5.41, 5.74) is 0. The van der Waals surface area contributed by atoms with E-state index in [0.717, 1.165) is 19.0 Å². The van der Waals surface area contributed by atoms with Crippen LogP contribution >= 0.6 is 0 Å². The first-order chi connectivity index (χ1) is 7.81. The Kier molecular flexibility index (Phi) is 4.26. The second kappa shape index (κ2) is 5.70. The Balaban J connectivity index is 1.86. The van der Waals surface area contributed by atoms with E-state index in [-0.39, 0.29) is 0 Å². The van der Waals surface area contributed by atoms with Crippen LogP contribution in [0.1, 0.15) is 39.5 Å². The highest BCUT2D eigenvalue weighted by Gasteiger charge is 2.32. The van der Waals surface area contributed by atoms with Crippen LogP contribution in [0, 0.1) is 11.8 Å². The van der Waals surface area contributed by atoms with Crippen molar-refractivity contribution in [3.05, 3.63) is 0 Å². The van der Waals surface area contributed by atoms with Crippen LogP contribution in [0.5, 0.6) is 0 Å². The van der Waals surface area contributed by atoms with E-state index in [1.807, 2.05) is 6.92 Å². The first-order valence-electron chi connectivity index (χ1n) is 6.69. The fraction of sp³-hybridized carbons (Fsp3) is 0.857. The van der Waals surface area contributed by atoms with Crippen LogP contribution in [0.2, 0.25) is 0 Å². The smallest absolute Gasteiger partial charge is 0.0223 e. The van der Waals surface area contributed by atoms with Gasteiger partial charge in [-0.25, -0.2) is 0 Å². The molecule has 2 nitrogen and oxygen atoms in total. The minimum Gasteiger partial charge on any atom is -0.298 e. The van der Waals surface area contributed by atoms with Crippen LogP contribution in [-0.2, 0) is 0 Å². The van der Waals surface area contributed by atoms with Gasteiger partial charge in [0, 0.05) is 38.1 Å². The summed E-state index contributed by atoms with van der Waals surface area (Å²) in [5, 5.41) is 0. The molecule has 0 amide bonds. The van der Waals surface area contributed by atoms with Gasteiger partial charge in [0.1, 0.15) is 0 Å². The van der Waals surface area contributed by atoms with Crippen molar-refractivity contribution in [1.82, 2.24) is 9.80 Å². The highest BCUT2D eigenvalue weighted by molar-refractivity contribution is 4.97. The molecule has 90 valence electrons.